The molecule has 0 unspecified atom stereocenters. The number of benzene rings is 4. The third-order valence-electron chi connectivity index (χ3n) is 5.01. The number of anilines is 2. The lowest BCUT2D eigenvalue weighted by Crippen LogP contribution is -2.18. The molecule has 0 fully saturated rings. The van der Waals surface area contributed by atoms with Crippen molar-refractivity contribution in [2.45, 2.75) is 6.92 Å². The highest BCUT2D eigenvalue weighted by Crippen LogP contribution is 2.23. The molecule has 0 saturated heterocycles. The molecular weight excluding hydrogens is 388 g/mol. The van der Waals surface area contributed by atoms with Gasteiger partial charge in [-0.3, -0.25) is 9.59 Å². The highest BCUT2D eigenvalue weighted by molar-refractivity contribution is 6.13. The van der Waals surface area contributed by atoms with Gasteiger partial charge in [0.15, 0.2) is 0 Å². The Morgan fingerprint density at radius 2 is 1.52 bits per heavy atom. The fourth-order valence-electron chi connectivity index (χ4n) is 3.40. The second-order valence-electron chi connectivity index (χ2n) is 7.25. The van der Waals surface area contributed by atoms with Gasteiger partial charge in [0.05, 0.1) is 18.4 Å². The fraction of sp³-hybridized carbons (Fsp3) is 0.0769. The predicted molar refractivity (Wildman–Crippen MR) is 124 cm³/mol. The molecule has 2 N–H and O–H groups in total. The largest absolute Gasteiger partial charge is 0.497 e. The molecule has 0 aliphatic carbocycles. The number of para-hydroxylation sites is 1. The van der Waals surface area contributed by atoms with Crippen molar-refractivity contribution in [1.82, 2.24) is 0 Å². The van der Waals surface area contributed by atoms with Gasteiger partial charge in [0, 0.05) is 11.3 Å². The van der Waals surface area contributed by atoms with E-state index in [2.05, 4.69) is 10.6 Å². The van der Waals surface area contributed by atoms with Gasteiger partial charge < -0.3 is 15.4 Å². The van der Waals surface area contributed by atoms with Crippen molar-refractivity contribution >= 4 is 34.0 Å². The topological polar surface area (TPSA) is 67.4 Å². The Morgan fingerprint density at radius 1 is 0.742 bits per heavy atom. The molecule has 0 aliphatic rings. The Kier molecular flexibility index (Phi) is 5.67. The molecule has 5 nitrogen and oxygen atoms in total. The zero-order valence-electron chi connectivity index (χ0n) is 17.3. The molecule has 154 valence electrons. The Labute approximate surface area is 180 Å². The minimum Gasteiger partial charge on any atom is -0.497 e. The predicted octanol–water partition coefficient (Wildman–Crippen LogP) is 5.66. The average molecular weight is 410 g/mol. The van der Waals surface area contributed by atoms with E-state index in [9.17, 15) is 9.59 Å². The number of aryl methyl sites for hydroxylation is 1. The van der Waals surface area contributed by atoms with Gasteiger partial charge in [-0.15, -0.1) is 0 Å². The molecule has 0 radical (unpaired) electrons. The average Bonchev–Trinajstić information content (AvgIpc) is 2.78. The summed E-state index contributed by atoms with van der Waals surface area (Å²) in [6.07, 6.45) is 0. The molecule has 0 aromatic heterocycles. The highest BCUT2D eigenvalue weighted by Gasteiger charge is 2.15. The SMILES string of the molecule is COc1ccc2cc(C(=O)Nc3ccccc3C(=O)Nc3cccc(C)c3)ccc2c1. The number of nitrogens with one attached hydrogen (secondary N) is 2. The first-order valence-electron chi connectivity index (χ1n) is 9.90. The normalized spacial score (nSPS) is 10.5. The lowest BCUT2D eigenvalue weighted by Gasteiger charge is -2.12. The highest BCUT2D eigenvalue weighted by atomic mass is 16.5. The summed E-state index contributed by atoms with van der Waals surface area (Å²) in [5.74, 6) is 0.193. The summed E-state index contributed by atoms with van der Waals surface area (Å²) < 4.78 is 5.25. The van der Waals surface area contributed by atoms with Crippen molar-refractivity contribution in [3.05, 3.63) is 102 Å². The van der Waals surface area contributed by atoms with Gasteiger partial charge in [0.1, 0.15) is 5.75 Å². The van der Waals surface area contributed by atoms with Crippen LogP contribution in [0.15, 0.2) is 84.9 Å². The molecular formula is C26H22N2O3. The van der Waals surface area contributed by atoms with Crippen LogP contribution >= 0.6 is 0 Å². The van der Waals surface area contributed by atoms with Crippen LogP contribution in [-0.2, 0) is 0 Å². The second kappa shape index (κ2) is 8.71. The number of carbonyl (C=O) groups excluding carboxylic acids is 2. The molecule has 2 amide bonds. The number of hydrogen-bond donors (Lipinski definition) is 2. The van der Waals surface area contributed by atoms with E-state index in [0.717, 1.165) is 22.1 Å². The summed E-state index contributed by atoms with van der Waals surface area (Å²) >= 11 is 0. The number of amides is 2. The van der Waals surface area contributed by atoms with E-state index >= 15 is 0 Å². The second-order valence-corrected chi connectivity index (χ2v) is 7.25. The maximum atomic E-state index is 12.9. The van der Waals surface area contributed by atoms with E-state index in [1.54, 1.807) is 37.4 Å². The van der Waals surface area contributed by atoms with Gasteiger partial charge in [-0.2, -0.15) is 0 Å². The van der Waals surface area contributed by atoms with Crippen LogP contribution in [0.5, 0.6) is 5.75 Å². The van der Waals surface area contributed by atoms with Crippen LogP contribution in [0.2, 0.25) is 0 Å². The Balaban J connectivity index is 1.56. The first kappa shape index (κ1) is 20.2. The number of ether oxygens (including phenoxy) is 1. The molecule has 0 heterocycles. The Morgan fingerprint density at radius 3 is 2.32 bits per heavy atom. The van der Waals surface area contributed by atoms with E-state index in [4.69, 9.17) is 4.74 Å². The van der Waals surface area contributed by atoms with Crippen molar-refractivity contribution in [1.29, 1.82) is 0 Å². The van der Waals surface area contributed by atoms with Crippen LogP contribution in [0.1, 0.15) is 26.3 Å². The first-order chi connectivity index (χ1) is 15.0. The van der Waals surface area contributed by atoms with Crippen molar-refractivity contribution in [2.75, 3.05) is 17.7 Å². The third kappa shape index (κ3) is 4.56. The van der Waals surface area contributed by atoms with E-state index in [1.165, 1.54) is 0 Å². The van der Waals surface area contributed by atoms with Crippen LogP contribution in [0, 0.1) is 6.92 Å². The van der Waals surface area contributed by atoms with Gasteiger partial charge in [-0.25, -0.2) is 0 Å². The Bertz CT molecular complexity index is 1280. The molecule has 0 spiro atoms. The third-order valence-corrected chi connectivity index (χ3v) is 5.01. The number of fused-ring (bicyclic) bond motifs is 1. The standard InChI is InChI=1S/C26H22N2O3/c1-17-6-5-7-21(14-17)27-26(30)23-8-3-4-9-24(23)28-25(29)20-11-10-19-16-22(31-2)13-12-18(19)15-20/h3-16H,1-2H3,(H,27,30)(H,28,29). The van der Waals surface area contributed by atoms with E-state index in [0.29, 0.717) is 22.5 Å². The maximum Gasteiger partial charge on any atom is 0.257 e. The number of rotatable bonds is 5. The van der Waals surface area contributed by atoms with Crippen LogP contribution in [-0.4, -0.2) is 18.9 Å². The van der Waals surface area contributed by atoms with Gasteiger partial charge in [-0.05, 0) is 71.8 Å². The lowest BCUT2D eigenvalue weighted by molar-refractivity contribution is 0.102. The minimum absolute atomic E-state index is 0.284. The number of methoxy groups -OCH3 is 1. The van der Waals surface area contributed by atoms with E-state index in [1.807, 2.05) is 61.5 Å². The van der Waals surface area contributed by atoms with Gasteiger partial charge in [0.2, 0.25) is 0 Å². The molecule has 5 heteroatoms. The molecule has 4 aromatic carbocycles. The quantitative estimate of drug-likeness (QED) is 0.446. The van der Waals surface area contributed by atoms with E-state index in [-0.39, 0.29) is 11.8 Å². The lowest BCUT2D eigenvalue weighted by atomic mass is 10.1. The molecule has 0 aliphatic heterocycles. The molecule has 4 rings (SSSR count). The van der Waals surface area contributed by atoms with Crippen molar-refractivity contribution < 1.29 is 14.3 Å². The summed E-state index contributed by atoms with van der Waals surface area (Å²) in [4.78, 5) is 25.7. The number of carbonyl (C=O) groups is 2. The van der Waals surface area contributed by atoms with Gasteiger partial charge in [0.25, 0.3) is 11.8 Å². The molecule has 4 aromatic rings. The monoisotopic (exact) mass is 410 g/mol. The summed E-state index contributed by atoms with van der Waals surface area (Å²) in [5.41, 5.74) is 3.10. The zero-order valence-corrected chi connectivity index (χ0v) is 17.3. The summed E-state index contributed by atoms with van der Waals surface area (Å²) in [6, 6.07) is 25.7. The van der Waals surface area contributed by atoms with Crippen molar-refractivity contribution in [2.24, 2.45) is 0 Å². The molecule has 0 atom stereocenters. The minimum atomic E-state index is -0.285. The van der Waals surface area contributed by atoms with Crippen LogP contribution in [0.3, 0.4) is 0 Å². The van der Waals surface area contributed by atoms with Crippen LogP contribution < -0.4 is 15.4 Å². The Hall–Kier alpha value is -4.12. The van der Waals surface area contributed by atoms with Crippen LogP contribution in [0.25, 0.3) is 10.8 Å². The summed E-state index contributed by atoms with van der Waals surface area (Å²) in [7, 11) is 1.62. The van der Waals surface area contributed by atoms with Crippen molar-refractivity contribution in [3.8, 4) is 5.75 Å². The molecule has 0 saturated carbocycles. The number of hydrogen-bond acceptors (Lipinski definition) is 3. The van der Waals surface area contributed by atoms with Gasteiger partial charge >= 0.3 is 0 Å². The van der Waals surface area contributed by atoms with Gasteiger partial charge in [-0.1, -0.05) is 36.4 Å². The molecule has 31 heavy (non-hydrogen) atoms. The van der Waals surface area contributed by atoms with Crippen molar-refractivity contribution in [3.63, 3.8) is 0 Å². The maximum absolute atomic E-state index is 12.9. The zero-order chi connectivity index (χ0) is 21.8. The smallest absolute Gasteiger partial charge is 0.257 e. The summed E-state index contributed by atoms with van der Waals surface area (Å²) in [6.45, 7) is 1.96. The van der Waals surface area contributed by atoms with E-state index < -0.39 is 0 Å². The van der Waals surface area contributed by atoms with Crippen LogP contribution in [0.4, 0.5) is 11.4 Å². The summed E-state index contributed by atoms with van der Waals surface area (Å²) in [5, 5.41) is 7.66. The molecule has 0 bridgehead atoms. The first-order valence-corrected chi connectivity index (χ1v) is 9.90. The fourth-order valence-corrected chi connectivity index (χ4v) is 3.40.